The lowest BCUT2D eigenvalue weighted by atomic mass is 10.1. The highest BCUT2D eigenvalue weighted by Gasteiger charge is 2.31. The normalized spacial score (nSPS) is 15.5. The molecular weight excluding hydrogens is 384 g/mol. The van der Waals surface area contributed by atoms with Gasteiger partial charge >= 0.3 is 0 Å². The summed E-state index contributed by atoms with van der Waals surface area (Å²) >= 11 is 0. The molecule has 29 heavy (non-hydrogen) atoms. The minimum Gasteiger partial charge on any atom is -0.492 e. The van der Waals surface area contributed by atoms with Crippen LogP contribution < -0.4 is 9.64 Å². The molecule has 0 radical (unpaired) electrons. The van der Waals surface area contributed by atoms with Crippen molar-refractivity contribution in [3.63, 3.8) is 0 Å². The number of rotatable bonds is 7. The van der Waals surface area contributed by atoms with Gasteiger partial charge in [-0.25, -0.2) is 8.42 Å². The number of unbranched alkanes of at least 4 members (excludes halogenated alkanes) is 1. The van der Waals surface area contributed by atoms with Gasteiger partial charge in [0.1, 0.15) is 10.6 Å². The second kappa shape index (κ2) is 9.18. The summed E-state index contributed by atoms with van der Waals surface area (Å²) in [5.41, 5.74) is 4.60. The highest BCUT2D eigenvalue weighted by Crippen LogP contribution is 2.31. The zero-order chi connectivity index (χ0) is 21.0. The van der Waals surface area contributed by atoms with Gasteiger partial charge in [0.2, 0.25) is 10.0 Å². The van der Waals surface area contributed by atoms with Gasteiger partial charge in [-0.3, -0.25) is 0 Å². The Kier molecular flexibility index (Phi) is 6.85. The first-order chi connectivity index (χ1) is 13.8. The smallest absolute Gasteiger partial charge is 0.246 e. The summed E-state index contributed by atoms with van der Waals surface area (Å²) in [5, 5.41) is 0. The number of para-hydroxylation sites is 1. The van der Waals surface area contributed by atoms with Crippen LogP contribution in [0.2, 0.25) is 0 Å². The molecule has 0 N–H and O–H groups in total. The van der Waals surface area contributed by atoms with E-state index in [1.807, 2.05) is 13.0 Å². The van der Waals surface area contributed by atoms with E-state index in [0.29, 0.717) is 38.5 Å². The van der Waals surface area contributed by atoms with Crippen molar-refractivity contribution >= 4 is 15.7 Å². The van der Waals surface area contributed by atoms with Gasteiger partial charge in [-0.2, -0.15) is 4.31 Å². The van der Waals surface area contributed by atoms with Crippen LogP contribution in [-0.4, -0.2) is 45.5 Å². The van der Waals surface area contributed by atoms with Crippen LogP contribution in [0.1, 0.15) is 36.5 Å². The molecule has 0 unspecified atom stereocenters. The zero-order valence-electron chi connectivity index (χ0n) is 17.9. The SMILES string of the molecule is CCCCOc1ccc(C)cc1S(=O)(=O)N1CCN(c2c(C)cccc2C)CC1. The average molecular weight is 417 g/mol. The lowest BCUT2D eigenvalue weighted by Gasteiger charge is -2.37. The number of anilines is 1. The number of piperazine rings is 1. The second-order valence-electron chi connectivity index (χ2n) is 7.78. The van der Waals surface area contributed by atoms with Gasteiger partial charge in [0.25, 0.3) is 0 Å². The fraction of sp³-hybridized carbons (Fsp3) is 0.478. The number of nitrogens with zero attached hydrogens (tertiary/aromatic N) is 2. The van der Waals surface area contributed by atoms with Gasteiger partial charge in [-0.1, -0.05) is 37.6 Å². The molecule has 0 atom stereocenters. The third-order valence-electron chi connectivity index (χ3n) is 5.47. The van der Waals surface area contributed by atoms with E-state index in [9.17, 15) is 8.42 Å². The first-order valence-electron chi connectivity index (χ1n) is 10.4. The monoisotopic (exact) mass is 416 g/mol. The molecule has 6 heteroatoms. The Morgan fingerprint density at radius 2 is 1.62 bits per heavy atom. The Hall–Kier alpha value is -2.05. The summed E-state index contributed by atoms with van der Waals surface area (Å²) in [7, 11) is -3.60. The Bertz CT molecular complexity index is 928. The highest BCUT2D eigenvalue weighted by atomic mass is 32.2. The number of sulfonamides is 1. The van der Waals surface area contributed by atoms with Crippen LogP contribution >= 0.6 is 0 Å². The molecule has 1 aliphatic heterocycles. The first kappa shape index (κ1) is 21.7. The maximum absolute atomic E-state index is 13.4. The predicted octanol–water partition coefficient (Wildman–Crippen LogP) is 4.30. The van der Waals surface area contributed by atoms with E-state index >= 15 is 0 Å². The van der Waals surface area contributed by atoms with Crippen LogP contribution in [0.5, 0.6) is 5.75 Å². The molecule has 0 amide bonds. The van der Waals surface area contributed by atoms with Crippen LogP contribution in [0.15, 0.2) is 41.3 Å². The molecular formula is C23H32N2O3S. The summed E-state index contributed by atoms with van der Waals surface area (Å²) in [4.78, 5) is 2.58. The third-order valence-corrected chi connectivity index (χ3v) is 7.39. The number of ether oxygens (including phenoxy) is 1. The topological polar surface area (TPSA) is 49.9 Å². The third kappa shape index (κ3) is 4.75. The lowest BCUT2D eigenvalue weighted by Crippen LogP contribution is -2.49. The fourth-order valence-corrected chi connectivity index (χ4v) is 5.50. The van der Waals surface area contributed by atoms with Crippen molar-refractivity contribution in [1.82, 2.24) is 4.31 Å². The van der Waals surface area contributed by atoms with Gasteiger partial charge in [0.05, 0.1) is 6.61 Å². The molecule has 0 saturated carbocycles. The number of aryl methyl sites for hydroxylation is 3. The minimum atomic E-state index is -3.60. The summed E-state index contributed by atoms with van der Waals surface area (Å²) in [5.74, 6) is 0.459. The van der Waals surface area contributed by atoms with Gasteiger partial charge in [0, 0.05) is 31.9 Å². The molecule has 3 rings (SSSR count). The molecule has 1 fully saturated rings. The molecule has 2 aromatic rings. The zero-order valence-corrected chi connectivity index (χ0v) is 18.8. The predicted molar refractivity (Wildman–Crippen MR) is 118 cm³/mol. The van der Waals surface area contributed by atoms with Crippen molar-refractivity contribution in [2.75, 3.05) is 37.7 Å². The van der Waals surface area contributed by atoms with Crippen LogP contribution in [0.4, 0.5) is 5.69 Å². The van der Waals surface area contributed by atoms with Gasteiger partial charge in [-0.15, -0.1) is 0 Å². The average Bonchev–Trinajstić information content (AvgIpc) is 2.69. The molecule has 2 aromatic carbocycles. The van der Waals surface area contributed by atoms with E-state index in [4.69, 9.17) is 4.74 Å². The maximum atomic E-state index is 13.4. The lowest BCUT2D eigenvalue weighted by molar-refractivity contribution is 0.299. The summed E-state index contributed by atoms with van der Waals surface area (Å²) in [6.45, 7) is 11.1. The van der Waals surface area contributed by atoms with E-state index in [1.54, 1.807) is 16.4 Å². The van der Waals surface area contributed by atoms with Gasteiger partial charge < -0.3 is 9.64 Å². The van der Waals surface area contributed by atoms with Crippen molar-refractivity contribution in [3.8, 4) is 5.75 Å². The van der Waals surface area contributed by atoms with Crippen LogP contribution in [0, 0.1) is 20.8 Å². The van der Waals surface area contributed by atoms with Crippen molar-refractivity contribution in [3.05, 3.63) is 53.1 Å². The van der Waals surface area contributed by atoms with E-state index in [2.05, 4.69) is 43.9 Å². The standard InChI is InChI=1S/C23H32N2O3S/c1-5-6-16-28-21-11-10-18(2)17-22(21)29(26,27)25-14-12-24(13-15-25)23-19(3)8-7-9-20(23)4/h7-11,17H,5-6,12-16H2,1-4H3. The number of hydrogen-bond acceptors (Lipinski definition) is 4. The molecule has 0 aliphatic carbocycles. The van der Waals surface area contributed by atoms with E-state index in [0.717, 1.165) is 18.4 Å². The van der Waals surface area contributed by atoms with Crippen LogP contribution in [-0.2, 0) is 10.0 Å². The Balaban J connectivity index is 1.79. The van der Waals surface area contributed by atoms with E-state index in [1.165, 1.54) is 16.8 Å². The van der Waals surface area contributed by atoms with Gasteiger partial charge in [-0.05, 0) is 56.0 Å². The number of hydrogen-bond donors (Lipinski definition) is 0. The Labute approximate surface area is 175 Å². The molecule has 158 valence electrons. The number of benzene rings is 2. The largest absolute Gasteiger partial charge is 0.492 e. The van der Waals surface area contributed by atoms with Gasteiger partial charge in [0.15, 0.2) is 0 Å². The molecule has 1 aliphatic rings. The molecule has 0 aromatic heterocycles. The fourth-order valence-electron chi connectivity index (χ4n) is 3.86. The first-order valence-corrected chi connectivity index (χ1v) is 11.8. The maximum Gasteiger partial charge on any atom is 0.246 e. The van der Waals surface area contributed by atoms with Crippen molar-refractivity contribution in [2.24, 2.45) is 0 Å². The van der Waals surface area contributed by atoms with E-state index < -0.39 is 10.0 Å². The second-order valence-corrected chi connectivity index (χ2v) is 9.69. The summed E-state index contributed by atoms with van der Waals surface area (Å²) in [6, 6.07) is 11.7. The van der Waals surface area contributed by atoms with Crippen molar-refractivity contribution in [2.45, 2.75) is 45.4 Å². The quantitative estimate of drug-likeness (QED) is 0.632. The molecule has 0 spiro atoms. The molecule has 0 bridgehead atoms. The Morgan fingerprint density at radius 3 is 2.24 bits per heavy atom. The highest BCUT2D eigenvalue weighted by molar-refractivity contribution is 7.89. The van der Waals surface area contributed by atoms with E-state index in [-0.39, 0.29) is 4.90 Å². The van der Waals surface area contributed by atoms with Crippen molar-refractivity contribution in [1.29, 1.82) is 0 Å². The van der Waals surface area contributed by atoms with Crippen molar-refractivity contribution < 1.29 is 13.2 Å². The molecule has 1 saturated heterocycles. The summed E-state index contributed by atoms with van der Waals surface area (Å²) < 4.78 is 34.2. The van der Waals surface area contributed by atoms with Crippen LogP contribution in [0.3, 0.4) is 0 Å². The summed E-state index contributed by atoms with van der Waals surface area (Å²) in [6.07, 6.45) is 1.91. The van der Waals surface area contributed by atoms with Crippen LogP contribution in [0.25, 0.3) is 0 Å². The minimum absolute atomic E-state index is 0.286. The Morgan fingerprint density at radius 1 is 0.966 bits per heavy atom. The molecule has 5 nitrogen and oxygen atoms in total. The molecule has 1 heterocycles.